The molecule has 2 atom stereocenters. The van der Waals surface area contributed by atoms with Crippen molar-refractivity contribution in [3.8, 4) is 0 Å². The van der Waals surface area contributed by atoms with Crippen molar-refractivity contribution < 1.29 is 30.0 Å². The normalized spacial score (nSPS) is 11.9. The summed E-state index contributed by atoms with van der Waals surface area (Å²) in [5, 5.41) is 40.7. The lowest BCUT2D eigenvalue weighted by molar-refractivity contribution is -0.165. The summed E-state index contributed by atoms with van der Waals surface area (Å²) in [4.78, 5) is 19.5. The molecule has 0 aliphatic carbocycles. The van der Waals surface area contributed by atoms with Gasteiger partial charge in [0.15, 0.2) is 12.2 Å². The number of aliphatic hydroxyl groups excluding tert-OH is 2. The SMILES string of the molecule is O=C(O)C(O)C(O)C(=O)O.c1ccsc1.c1ccsc1. The van der Waals surface area contributed by atoms with Gasteiger partial charge in [0.05, 0.1) is 0 Å². The van der Waals surface area contributed by atoms with E-state index in [1.807, 2.05) is 45.8 Å². The topological polar surface area (TPSA) is 115 Å². The van der Waals surface area contributed by atoms with E-state index in [-0.39, 0.29) is 0 Å². The highest BCUT2D eigenvalue weighted by atomic mass is 32.1. The van der Waals surface area contributed by atoms with Gasteiger partial charge in [-0.05, 0) is 21.5 Å². The maximum Gasteiger partial charge on any atom is 0.335 e. The van der Waals surface area contributed by atoms with E-state index in [0.29, 0.717) is 0 Å². The van der Waals surface area contributed by atoms with Gasteiger partial charge in [0.1, 0.15) is 0 Å². The third-order valence-corrected chi connectivity index (χ3v) is 2.91. The fraction of sp³-hybridized carbons (Fsp3) is 0.167. The fourth-order valence-electron chi connectivity index (χ4n) is 0.724. The minimum Gasteiger partial charge on any atom is -0.479 e. The highest BCUT2D eigenvalue weighted by Gasteiger charge is 2.29. The number of carboxylic acids is 2. The van der Waals surface area contributed by atoms with Crippen molar-refractivity contribution in [1.82, 2.24) is 0 Å². The molecule has 0 fully saturated rings. The summed E-state index contributed by atoms with van der Waals surface area (Å²) in [6.45, 7) is 0. The van der Waals surface area contributed by atoms with Crippen LogP contribution >= 0.6 is 22.7 Å². The first-order valence-electron chi connectivity index (χ1n) is 5.23. The van der Waals surface area contributed by atoms with E-state index < -0.39 is 24.1 Å². The van der Waals surface area contributed by atoms with Crippen LogP contribution in [0.3, 0.4) is 0 Å². The van der Waals surface area contributed by atoms with Crippen LogP contribution in [0.4, 0.5) is 0 Å². The lowest BCUT2D eigenvalue weighted by Crippen LogP contribution is -2.39. The molecule has 0 bridgehead atoms. The number of carboxylic acid groups (broad SMARTS) is 2. The molecule has 0 spiro atoms. The molecule has 0 saturated carbocycles. The Morgan fingerprint density at radius 1 is 0.700 bits per heavy atom. The molecular weight excluding hydrogens is 304 g/mol. The van der Waals surface area contributed by atoms with Gasteiger partial charge in [0.2, 0.25) is 0 Å². The van der Waals surface area contributed by atoms with Crippen molar-refractivity contribution in [1.29, 1.82) is 0 Å². The van der Waals surface area contributed by atoms with Crippen molar-refractivity contribution in [3.05, 3.63) is 45.8 Å². The van der Waals surface area contributed by atoms with E-state index in [2.05, 4.69) is 0 Å². The van der Waals surface area contributed by atoms with Gasteiger partial charge in [-0.1, -0.05) is 24.3 Å². The molecule has 2 rings (SSSR count). The van der Waals surface area contributed by atoms with E-state index in [1.54, 1.807) is 22.7 Å². The number of hydrogen-bond donors (Lipinski definition) is 4. The molecule has 0 radical (unpaired) electrons. The third kappa shape index (κ3) is 9.22. The van der Waals surface area contributed by atoms with Gasteiger partial charge in [0, 0.05) is 0 Å². The van der Waals surface area contributed by atoms with Crippen LogP contribution in [0, 0.1) is 0 Å². The first-order chi connectivity index (χ1) is 9.46. The predicted octanol–water partition coefficient (Wildman–Crippen LogP) is 1.37. The van der Waals surface area contributed by atoms with Gasteiger partial charge >= 0.3 is 11.9 Å². The largest absolute Gasteiger partial charge is 0.479 e. The summed E-state index contributed by atoms with van der Waals surface area (Å²) < 4.78 is 0. The monoisotopic (exact) mass is 318 g/mol. The summed E-state index contributed by atoms with van der Waals surface area (Å²) in [6, 6.07) is 8.07. The lowest BCUT2D eigenvalue weighted by Gasteiger charge is -2.07. The fourth-order valence-corrected chi connectivity index (χ4v) is 1.63. The number of hydrogen-bond acceptors (Lipinski definition) is 6. The van der Waals surface area contributed by atoms with E-state index in [9.17, 15) is 9.59 Å². The summed E-state index contributed by atoms with van der Waals surface area (Å²) >= 11 is 3.43. The van der Waals surface area contributed by atoms with Crippen LogP contribution in [-0.2, 0) is 9.59 Å². The molecule has 6 nitrogen and oxygen atoms in total. The first-order valence-corrected chi connectivity index (χ1v) is 7.11. The maximum absolute atomic E-state index is 9.77. The number of aliphatic hydroxyl groups is 2. The van der Waals surface area contributed by atoms with Gasteiger partial charge in [-0.2, -0.15) is 22.7 Å². The molecule has 2 unspecified atom stereocenters. The Morgan fingerprint density at radius 2 is 0.950 bits per heavy atom. The Morgan fingerprint density at radius 3 is 1.05 bits per heavy atom. The molecule has 0 saturated heterocycles. The van der Waals surface area contributed by atoms with Gasteiger partial charge in [-0.25, -0.2) is 9.59 Å². The molecule has 0 aromatic carbocycles. The van der Waals surface area contributed by atoms with Crippen LogP contribution in [0.25, 0.3) is 0 Å². The molecule has 0 amide bonds. The Bertz CT molecular complexity index is 376. The Kier molecular flexibility index (Phi) is 10.2. The minimum atomic E-state index is -2.27. The summed E-state index contributed by atoms with van der Waals surface area (Å²) in [5.41, 5.74) is 0. The van der Waals surface area contributed by atoms with Gasteiger partial charge in [0.25, 0.3) is 0 Å². The molecule has 8 heteroatoms. The van der Waals surface area contributed by atoms with Crippen LogP contribution in [0.1, 0.15) is 0 Å². The van der Waals surface area contributed by atoms with E-state index in [4.69, 9.17) is 20.4 Å². The maximum atomic E-state index is 9.77. The van der Waals surface area contributed by atoms with Crippen LogP contribution in [0.2, 0.25) is 0 Å². The van der Waals surface area contributed by atoms with Crippen molar-refractivity contribution in [2.24, 2.45) is 0 Å². The number of rotatable bonds is 3. The molecule has 4 N–H and O–H groups in total. The molecular formula is C12H14O6S2. The van der Waals surface area contributed by atoms with Crippen LogP contribution in [0.15, 0.2) is 45.8 Å². The Labute approximate surface area is 123 Å². The second kappa shape index (κ2) is 11.1. The highest BCUT2D eigenvalue weighted by molar-refractivity contribution is 7.08. The van der Waals surface area contributed by atoms with Crippen molar-refractivity contribution >= 4 is 34.6 Å². The molecule has 110 valence electrons. The first kappa shape index (κ1) is 18.3. The zero-order chi connectivity index (χ0) is 15.4. The Hall–Kier alpha value is -1.74. The van der Waals surface area contributed by atoms with Crippen LogP contribution < -0.4 is 0 Å². The van der Waals surface area contributed by atoms with Crippen LogP contribution in [0.5, 0.6) is 0 Å². The molecule has 2 heterocycles. The van der Waals surface area contributed by atoms with Gasteiger partial charge < -0.3 is 20.4 Å². The summed E-state index contributed by atoms with van der Waals surface area (Å²) in [7, 11) is 0. The zero-order valence-electron chi connectivity index (χ0n) is 10.2. The predicted molar refractivity (Wildman–Crippen MR) is 75.9 cm³/mol. The number of carbonyl (C=O) groups is 2. The lowest BCUT2D eigenvalue weighted by atomic mass is 10.2. The van der Waals surface area contributed by atoms with E-state index in [1.165, 1.54) is 0 Å². The average Bonchev–Trinajstić information content (AvgIpc) is 3.12. The number of aliphatic carboxylic acids is 2. The molecule has 20 heavy (non-hydrogen) atoms. The van der Waals surface area contributed by atoms with Gasteiger partial charge in [-0.15, -0.1) is 0 Å². The summed E-state index contributed by atoms with van der Waals surface area (Å²) in [6.07, 6.45) is -4.53. The average molecular weight is 318 g/mol. The minimum absolute atomic E-state index is 1.71. The number of thiophene rings is 2. The van der Waals surface area contributed by atoms with Crippen molar-refractivity contribution in [2.45, 2.75) is 12.2 Å². The smallest absolute Gasteiger partial charge is 0.335 e. The van der Waals surface area contributed by atoms with Gasteiger partial charge in [-0.3, -0.25) is 0 Å². The highest BCUT2D eigenvalue weighted by Crippen LogP contribution is 1.93. The quantitative estimate of drug-likeness (QED) is 0.679. The molecule has 0 aliphatic heterocycles. The van der Waals surface area contributed by atoms with E-state index in [0.717, 1.165) is 0 Å². The Balaban J connectivity index is 0.000000298. The third-order valence-electron chi connectivity index (χ3n) is 1.66. The molecule has 2 aromatic heterocycles. The van der Waals surface area contributed by atoms with E-state index >= 15 is 0 Å². The standard InChI is InChI=1S/C4H6O6.2C4H4S/c5-1(3(7)8)2(6)4(9)10;2*1-2-4-5-3-1/h1-2,5-6H,(H,7,8)(H,9,10);2*1-4H. The van der Waals surface area contributed by atoms with Crippen molar-refractivity contribution in [2.75, 3.05) is 0 Å². The van der Waals surface area contributed by atoms with Crippen LogP contribution in [-0.4, -0.2) is 44.6 Å². The molecule has 2 aromatic rings. The van der Waals surface area contributed by atoms with Crippen molar-refractivity contribution in [3.63, 3.8) is 0 Å². The summed E-state index contributed by atoms with van der Waals surface area (Å²) in [5.74, 6) is -3.54. The zero-order valence-corrected chi connectivity index (χ0v) is 11.8. The second-order valence-corrected chi connectivity index (χ2v) is 4.79. The molecule has 0 aliphatic rings. The second-order valence-electron chi connectivity index (χ2n) is 3.15.